The lowest BCUT2D eigenvalue weighted by molar-refractivity contribution is -0.128. The zero-order valence-electron chi connectivity index (χ0n) is 15.6. The highest BCUT2D eigenvalue weighted by Crippen LogP contribution is 2.20. The van der Waals surface area contributed by atoms with Crippen LogP contribution in [0.2, 0.25) is 0 Å². The molecule has 0 aliphatic carbocycles. The summed E-state index contributed by atoms with van der Waals surface area (Å²) < 4.78 is 11.1. The molecule has 2 atom stereocenters. The summed E-state index contributed by atoms with van der Waals surface area (Å²) in [6, 6.07) is 13.5. The topological polar surface area (TPSA) is 47.6 Å². The van der Waals surface area contributed by atoms with Crippen LogP contribution in [-0.2, 0) is 4.79 Å². The highest BCUT2D eigenvalue weighted by Gasteiger charge is 2.21. The molecule has 0 saturated carbocycles. The molecule has 1 amide bonds. The van der Waals surface area contributed by atoms with Gasteiger partial charge in [0, 0.05) is 0 Å². The molecule has 0 radical (unpaired) electrons. The Balaban J connectivity index is 2.01. The van der Waals surface area contributed by atoms with E-state index in [0.29, 0.717) is 6.42 Å². The summed E-state index contributed by atoms with van der Waals surface area (Å²) in [4.78, 5) is 12.6. The standard InChI is InChI=1S/C21H27NO3/c1-6-20(25-19-10-7-14(2)15(3)13-19)21(23)22-16(4)17-8-11-18(24-5)12-9-17/h7-13,16,20H,6H2,1-5H3,(H,22,23). The van der Waals surface area contributed by atoms with Crippen molar-refractivity contribution in [2.24, 2.45) is 0 Å². The summed E-state index contributed by atoms with van der Waals surface area (Å²) in [5.74, 6) is 1.41. The molecule has 0 spiro atoms. The summed E-state index contributed by atoms with van der Waals surface area (Å²) in [6.07, 6.45) is 0.0940. The van der Waals surface area contributed by atoms with Crippen LogP contribution in [0.5, 0.6) is 11.5 Å². The first-order chi connectivity index (χ1) is 11.9. The van der Waals surface area contributed by atoms with Crippen molar-refractivity contribution >= 4 is 5.91 Å². The van der Waals surface area contributed by atoms with Gasteiger partial charge < -0.3 is 14.8 Å². The Kier molecular flexibility index (Phi) is 6.45. The second kappa shape index (κ2) is 8.56. The summed E-state index contributed by atoms with van der Waals surface area (Å²) in [5, 5.41) is 3.03. The number of amides is 1. The van der Waals surface area contributed by atoms with Crippen LogP contribution in [0.3, 0.4) is 0 Å². The number of benzene rings is 2. The van der Waals surface area contributed by atoms with Crippen molar-refractivity contribution < 1.29 is 14.3 Å². The molecule has 2 unspecified atom stereocenters. The zero-order chi connectivity index (χ0) is 18.4. The molecule has 0 fully saturated rings. The number of nitrogens with one attached hydrogen (secondary N) is 1. The van der Waals surface area contributed by atoms with Gasteiger partial charge in [-0.15, -0.1) is 0 Å². The molecule has 4 heteroatoms. The van der Waals surface area contributed by atoms with Gasteiger partial charge in [-0.1, -0.05) is 25.1 Å². The number of hydrogen-bond acceptors (Lipinski definition) is 3. The Bertz CT molecular complexity index is 710. The van der Waals surface area contributed by atoms with E-state index in [9.17, 15) is 4.79 Å². The highest BCUT2D eigenvalue weighted by molar-refractivity contribution is 5.81. The molecule has 2 aromatic carbocycles. The van der Waals surface area contributed by atoms with E-state index < -0.39 is 6.10 Å². The van der Waals surface area contributed by atoms with Gasteiger partial charge in [0.25, 0.3) is 5.91 Å². The van der Waals surface area contributed by atoms with Crippen LogP contribution in [-0.4, -0.2) is 19.1 Å². The van der Waals surface area contributed by atoms with Crippen molar-refractivity contribution in [2.45, 2.75) is 46.3 Å². The van der Waals surface area contributed by atoms with E-state index in [1.807, 2.05) is 63.2 Å². The van der Waals surface area contributed by atoms with Crippen molar-refractivity contribution in [1.82, 2.24) is 5.32 Å². The van der Waals surface area contributed by atoms with Gasteiger partial charge in [-0.05, 0) is 68.1 Å². The van der Waals surface area contributed by atoms with Gasteiger partial charge in [0.05, 0.1) is 13.2 Å². The summed E-state index contributed by atoms with van der Waals surface area (Å²) in [7, 11) is 1.64. The third kappa shape index (κ3) is 4.99. The third-order valence-electron chi connectivity index (χ3n) is 4.39. The summed E-state index contributed by atoms with van der Waals surface area (Å²) in [6.45, 7) is 8.00. The number of rotatable bonds is 7. The van der Waals surface area contributed by atoms with Crippen molar-refractivity contribution in [3.05, 3.63) is 59.2 Å². The second-order valence-electron chi connectivity index (χ2n) is 6.26. The first kappa shape index (κ1) is 18.8. The molecule has 0 saturated heterocycles. The lowest BCUT2D eigenvalue weighted by Gasteiger charge is -2.21. The van der Waals surface area contributed by atoms with Crippen LogP contribution >= 0.6 is 0 Å². The molecule has 2 aromatic rings. The fraction of sp³-hybridized carbons (Fsp3) is 0.381. The maximum atomic E-state index is 12.6. The Morgan fingerprint density at radius 3 is 2.24 bits per heavy atom. The molecule has 0 aromatic heterocycles. The molecule has 2 rings (SSSR count). The molecule has 134 valence electrons. The molecular formula is C21H27NO3. The number of methoxy groups -OCH3 is 1. The van der Waals surface area contributed by atoms with E-state index in [2.05, 4.69) is 12.2 Å². The first-order valence-corrected chi connectivity index (χ1v) is 8.62. The summed E-state index contributed by atoms with van der Waals surface area (Å²) >= 11 is 0. The lowest BCUT2D eigenvalue weighted by Crippen LogP contribution is -2.39. The Labute approximate surface area is 150 Å². The van der Waals surface area contributed by atoms with Crippen molar-refractivity contribution in [3.63, 3.8) is 0 Å². The number of carbonyl (C=O) groups is 1. The van der Waals surface area contributed by atoms with E-state index in [0.717, 1.165) is 22.6 Å². The minimum atomic E-state index is -0.511. The summed E-state index contributed by atoms with van der Waals surface area (Å²) in [5.41, 5.74) is 3.38. The molecule has 0 bridgehead atoms. The first-order valence-electron chi connectivity index (χ1n) is 8.62. The van der Waals surface area contributed by atoms with Crippen LogP contribution < -0.4 is 14.8 Å². The van der Waals surface area contributed by atoms with Gasteiger partial charge in [-0.2, -0.15) is 0 Å². The highest BCUT2D eigenvalue weighted by atomic mass is 16.5. The predicted octanol–water partition coefficient (Wildman–Crippen LogP) is 4.35. The molecule has 25 heavy (non-hydrogen) atoms. The minimum Gasteiger partial charge on any atom is -0.497 e. The predicted molar refractivity (Wildman–Crippen MR) is 100 cm³/mol. The third-order valence-corrected chi connectivity index (χ3v) is 4.39. The van der Waals surface area contributed by atoms with Crippen LogP contribution in [0.15, 0.2) is 42.5 Å². The van der Waals surface area contributed by atoms with E-state index >= 15 is 0 Å². The van der Waals surface area contributed by atoms with Gasteiger partial charge in [0.15, 0.2) is 6.10 Å². The van der Waals surface area contributed by atoms with E-state index in [-0.39, 0.29) is 11.9 Å². The monoisotopic (exact) mass is 341 g/mol. The van der Waals surface area contributed by atoms with Crippen molar-refractivity contribution in [2.75, 3.05) is 7.11 Å². The van der Waals surface area contributed by atoms with E-state index in [1.54, 1.807) is 7.11 Å². The SMILES string of the molecule is CCC(Oc1ccc(C)c(C)c1)C(=O)NC(C)c1ccc(OC)cc1. The molecule has 0 aliphatic heterocycles. The smallest absolute Gasteiger partial charge is 0.261 e. The van der Waals surface area contributed by atoms with E-state index in [4.69, 9.17) is 9.47 Å². The Hall–Kier alpha value is -2.49. The molecule has 0 heterocycles. The van der Waals surface area contributed by atoms with E-state index in [1.165, 1.54) is 5.56 Å². The normalized spacial score (nSPS) is 13.0. The molecule has 4 nitrogen and oxygen atoms in total. The second-order valence-corrected chi connectivity index (χ2v) is 6.26. The minimum absolute atomic E-state index is 0.101. The number of aryl methyl sites for hydroxylation is 2. The number of ether oxygens (including phenoxy) is 2. The number of hydrogen-bond donors (Lipinski definition) is 1. The maximum Gasteiger partial charge on any atom is 0.261 e. The van der Waals surface area contributed by atoms with Crippen LogP contribution in [0.25, 0.3) is 0 Å². The average Bonchev–Trinajstić information content (AvgIpc) is 2.62. The van der Waals surface area contributed by atoms with Gasteiger partial charge in [-0.3, -0.25) is 4.79 Å². The van der Waals surface area contributed by atoms with Gasteiger partial charge in [0.1, 0.15) is 11.5 Å². The van der Waals surface area contributed by atoms with Gasteiger partial charge in [0.2, 0.25) is 0 Å². The van der Waals surface area contributed by atoms with Crippen LogP contribution in [0.4, 0.5) is 0 Å². The molecule has 1 N–H and O–H groups in total. The van der Waals surface area contributed by atoms with Gasteiger partial charge >= 0.3 is 0 Å². The largest absolute Gasteiger partial charge is 0.497 e. The zero-order valence-corrected chi connectivity index (χ0v) is 15.6. The Morgan fingerprint density at radius 1 is 1.04 bits per heavy atom. The quantitative estimate of drug-likeness (QED) is 0.814. The fourth-order valence-electron chi connectivity index (χ4n) is 2.56. The molecular weight excluding hydrogens is 314 g/mol. The lowest BCUT2D eigenvalue weighted by atomic mass is 10.1. The van der Waals surface area contributed by atoms with Crippen molar-refractivity contribution in [3.8, 4) is 11.5 Å². The van der Waals surface area contributed by atoms with Crippen LogP contribution in [0.1, 0.15) is 43.0 Å². The fourth-order valence-corrected chi connectivity index (χ4v) is 2.56. The van der Waals surface area contributed by atoms with Crippen LogP contribution in [0, 0.1) is 13.8 Å². The van der Waals surface area contributed by atoms with Gasteiger partial charge in [-0.25, -0.2) is 0 Å². The maximum absolute atomic E-state index is 12.6. The number of carbonyl (C=O) groups excluding carboxylic acids is 1. The molecule has 0 aliphatic rings. The Morgan fingerprint density at radius 2 is 1.68 bits per heavy atom. The van der Waals surface area contributed by atoms with Crippen molar-refractivity contribution in [1.29, 1.82) is 0 Å². The average molecular weight is 341 g/mol.